The van der Waals surface area contributed by atoms with Crippen LogP contribution >= 0.6 is 0 Å². The van der Waals surface area contributed by atoms with E-state index in [-0.39, 0.29) is 10.6 Å². The first-order chi connectivity index (χ1) is 6.27. The van der Waals surface area contributed by atoms with Crippen molar-refractivity contribution < 1.29 is 4.92 Å². The molecule has 0 aromatic heterocycles. The van der Waals surface area contributed by atoms with E-state index in [4.69, 9.17) is 0 Å². The molecule has 0 atom stereocenters. The second-order valence-electron chi connectivity index (χ2n) is 2.83. The Morgan fingerprint density at radius 2 is 2.15 bits per heavy atom. The van der Waals surface area contributed by atoms with E-state index in [9.17, 15) is 10.1 Å². The lowest BCUT2D eigenvalue weighted by molar-refractivity contribution is -0.423. The summed E-state index contributed by atoms with van der Waals surface area (Å²) in [5, 5.41) is 13.4. The van der Waals surface area contributed by atoms with Gasteiger partial charge in [-0.1, -0.05) is 18.2 Å². The molecule has 1 heterocycles. The van der Waals surface area contributed by atoms with E-state index in [1.165, 1.54) is 0 Å². The van der Waals surface area contributed by atoms with Crippen LogP contribution in [0, 0.1) is 10.1 Å². The van der Waals surface area contributed by atoms with E-state index in [0.717, 1.165) is 11.3 Å². The Balaban J connectivity index is 2.44. The van der Waals surface area contributed by atoms with Gasteiger partial charge in [-0.3, -0.25) is 10.1 Å². The zero-order valence-electron chi connectivity index (χ0n) is 6.86. The highest BCUT2D eigenvalue weighted by Gasteiger charge is 2.16. The van der Waals surface area contributed by atoms with Crippen LogP contribution in [0.15, 0.2) is 30.0 Å². The van der Waals surface area contributed by atoms with E-state index >= 15 is 0 Å². The largest absolute Gasteiger partial charge is 0.375 e. The molecule has 1 aromatic rings. The summed E-state index contributed by atoms with van der Waals surface area (Å²) in [4.78, 5) is 10.1. The third-order valence-corrected chi connectivity index (χ3v) is 1.98. The van der Waals surface area contributed by atoms with Gasteiger partial charge in [0.1, 0.15) is 6.54 Å². The lowest BCUT2D eigenvalue weighted by Gasteiger charge is -2.12. The molecule has 1 N–H and O–H groups in total. The van der Waals surface area contributed by atoms with Crippen molar-refractivity contribution in [1.29, 1.82) is 0 Å². The van der Waals surface area contributed by atoms with Crippen LogP contribution in [-0.4, -0.2) is 11.5 Å². The first-order valence-corrected chi connectivity index (χ1v) is 3.95. The number of nitrogens with zero attached hydrogens (tertiary/aromatic N) is 1. The smallest absolute Gasteiger partial charge is 0.265 e. The molecule has 0 unspecified atom stereocenters. The van der Waals surface area contributed by atoms with Gasteiger partial charge < -0.3 is 5.32 Å². The topological polar surface area (TPSA) is 55.2 Å². The standard InChI is InChI=1S/C9H8N2O2/c12-11(13)8-5-7-3-1-2-4-9(7)10-6-8/h1-5,10H,6H2. The monoisotopic (exact) mass is 176 g/mol. The number of hydrogen-bond acceptors (Lipinski definition) is 3. The van der Waals surface area contributed by atoms with Gasteiger partial charge >= 0.3 is 0 Å². The fourth-order valence-electron chi connectivity index (χ4n) is 1.32. The maximum Gasteiger partial charge on any atom is 0.265 e. The maximum atomic E-state index is 10.5. The molecule has 4 heteroatoms. The number of fused-ring (bicyclic) bond motifs is 1. The van der Waals surface area contributed by atoms with E-state index in [1.807, 2.05) is 24.3 Å². The van der Waals surface area contributed by atoms with E-state index in [0.29, 0.717) is 6.54 Å². The minimum Gasteiger partial charge on any atom is -0.375 e. The third kappa shape index (κ3) is 1.38. The Bertz CT molecular complexity index is 385. The van der Waals surface area contributed by atoms with Crippen molar-refractivity contribution in [1.82, 2.24) is 0 Å². The van der Waals surface area contributed by atoms with Gasteiger partial charge in [0.15, 0.2) is 0 Å². The average molecular weight is 176 g/mol. The molecular formula is C9H8N2O2. The van der Waals surface area contributed by atoms with Crippen LogP contribution in [0.3, 0.4) is 0 Å². The molecule has 0 fully saturated rings. The van der Waals surface area contributed by atoms with Crippen LogP contribution < -0.4 is 5.32 Å². The first kappa shape index (κ1) is 7.79. The fraction of sp³-hybridized carbons (Fsp3) is 0.111. The van der Waals surface area contributed by atoms with Gasteiger partial charge in [-0.2, -0.15) is 0 Å². The summed E-state index contributed by atoms with van der Waals surface area (Å²) >= 11 is 0. The summed E-state index contributed by atoms with van der Waals surface area (Å²) < 4.78 is 0. The normalized spacial score (nSPS) is 14.0. The molecule has 4 nitrogen and oxygen atoms in total. The van der Waals surface area contributed by atoms with Crippen molar-refractivity contribution in [3.63, 3.8) is 0 Å². The van der Waals surface area contributed by atoms with Gasteiger partial charge in [0.2, 0.25) is 0 Å². The molecule has 0 spiro atoms. The van der Waals surface area contributed by atoms with Crippen molar-refractivity contribution in [2.45, 2.75) is 0 Å². The second-order valence-corrected chi connectivity index (χ2v) is 2.83. The lowest BCUT2D eigenvalue weighted by atomic mass is 10.1. The van der Waals surface area contributed by atoms with Crippen LogP contribution in [0.5, 0.6) is 0 Å². The summed E-state index contributed by atoms with van der Waals surface area (Å²) in [5.41, 5.74) is 2.03. The van der Waals surface area contributed by atoms with Gasteiger partial charge in [-0.05, 0) is 6.07 Å². The SMILES string of the molecule is O=[N+]([O-])C1=Cc2ccccc2NC1. The number of hydrogen-bond donors (Lipinski definition) is 1. The first-order valence-electron chi connectivity index (χ1n) is 3.95. The summed E-state index contributed by atoms with van der Waals surface area (Å²) in [7, 11) is 0. The van der Waals surface area contributed by atoms with Crippen molar-refractivity contribution in [2.24, 2.45) is 0 Å². The zero-order chi connectivity index (χ0) is 9.26. The maximum absolute atomic E-state index is 10.5. The number of nitro groups is 1. The Morgan fingerprint density at radius 1 is 1.38 bits per heavy atom. The number of benzene rings is 1. The summed E-state index contributed by atoms with van der Waals surface area (Å²) in [6.07, 6.45) is 1.60. The predicted molar refractivity (Wildman–Crippen MR) is 49.9 cm³/mol. The van der Waals surface area contributed by atoms with Crippen LogP contribution in [0.2, 0.25) is 0 Å². The quantitative estimate of drug-likeness (QED) is 0.523. The van der Waals surface area contributed by atoms with Crippen LogP contribution in [0.25, 0.3) is 6.08 Å². The molecule has 0 saturated carbocycles. The predicted octanol–water partition coefficient (Wildman–Crippen LogP) is 1.73. The summed E-state index contributed by atoms with van der Waals surface area (Å²) in [6, 6.07) is 7.52. The molecule has 0 bridgehead atoms. The third-order valence-electron chi connectivity index (χ3n) is 1.98. The lowest BCUT2D eigenvalue weighted by Crippen LogP contribution is -2.15. The molecule has 1 aliphatic heterocycles. The van der Waals surface area contributed by atoms with Gasteiger partial charge in [-0.25, -0.2) is 0 Å². The van der Waals surface area contributed by atoms with E-state index in [1.54, 1.807) is 6.08 Å². The van der Waals surface area contributed by atoms with Crippen molar-refractivity contribution >= 4 is 11.8 Å². The number of para-hydroxylation sites is 1. The molecule has 1 aromatic carbocycles. The fourth-order valence-corrected chi connectivity index (χ4v) is 1.32. The molecule has 0 radical (unpaired) electrons. The average Bonchev–Trinajstić information content (AvgIpc) is 2.17. The van der Waals surface area contributed by atoms with Crippen molar-refractivity contribution in [3.05, 3.63) is 45.6 Å². The number of nitrogens with one attached hydrogen (secondary N) is 1. The molecule has 0 amide bonds. The van der Waals surface area contributed by atoms with Crippen molar-refractivity contribution in [3.8, 4) is 0 Å². The van der Waals surface area contributed by atoms with Gasteiger partial charge in [0, 0.05) is 17.3 Å². The molecule has 1 aliphatic rings. The van der Waals surface area contributed by atoms with Crippen molar-refractivity contribution in [2.75, 3.05) is 11.9 Å². The van der Waals surface area contributed by atoms with Gasteiger partial charge in [0.25, 0.3) is 5.70 Å². The Morgan fingerprint density at radius 3 is 2.92 bits per heavy atom. The Labute approximate surface area is 75.0 Å². The van der Waals surface area contributed by atoms with Gasteiger partial charge in [-0.15, -0.1) is 0 Å². The molecule has 13 heavy (non-hydrogen) atoms. The highest BCUT2D eigenvalue weighted by Crippen LogP contribution is 2.22. The number of anilines is 1. The molecule has 66 valence electrons. The zero-order valence-corrected chi connectivity index (χ0v) is 6.86. The minimum absolute atomic E-state index is 0.207. The highest BCUT2D eigenvalue weighted by molar-refractivity contribution is 5.70. The van der Waals surface area contributed by atoms with Crippen LogP contribution in [0.4, 0.5) is 5.69 Å². The molecule has 0 aliphatic carbocycles. The Kier molecular flexibility index (Phi) is 1.73. The molecule has 0 saturated heterocycles. The summed E-state index contributed by atoms with van der Waals surface area (Å²) in [5.74, 6) is 0. The summed E-state index contributed by atoms with van der Waals surface area (Å²) in [6.45, 7) is 0.296. The van der Waals surface area contributed by atoms with Crippen LogP contribution in [0.1, 0.15) is 5.56 Å². The Hall–Kier alpha value is -1.84. The van der Waals surface area contributed by atoms with Crippen LogP contribution in [-0.2, 0) is 0 Å². The number of rotatable bonds is 1. The van der Waals surface area contributed by atoms with Gasteiger partial charge in [0.05, 0.1) is 4.92 Å². The van der Waals surface area contributed by atoms with E-state index < -0.39 is 0 Å². The minimum atomic E-state index is -0.358. The second kappa shape index (κ2) is 2.90. The van der Waals surface area contributed by atoms with E-state index in [2.05, 4.69) is 5.32 Å². The highest BCUT2D eigenvalue weighted by atomic mass is 16.6. The molecular weight excluding hydrogens is 168 g/mol. The molecule has 2 rings (SSSR count).